The third-order valence-corrected chi connectivity index (χ3v) is 4.54. The smallest absolute Gasteiger partial charge is 0.368 e. The van der Waals surface area contributed by atoms with Crippen LogP contribution in [0.4, 0.5) is 23.2 Å². The van der Waals surface area contributed by atoms with Crippen molar-refractivity contribution >= 4 is 11.6 Å². The summed E-state index contributed by atoms with van der Waals surface area (Å²) >= 11 is 0. The van der Waals surface area contributed by atoms with E-state index >= 15 is 0 Å². The predicted molar refractivity (Wildman–Crippen MR) is 98.7 cm³/mol. The average molecular weight is 398 g/mol. The number of anilines is 1. The number of piperazine rings is 1. The fraction of sp³-hybridized carbons (Fsp3) is 0.444. The molecule has 0 bridgehead atoms. The van der Waals surface area contributed by atoms with E-state index in [2.05, 4.69) is 20.2 Å². The van der Waals surface area contributed by atoms with Gasteiger partial charge in [0.15, 0.2) is 5.96 Å². The zero-order valence-corrected chi connectivity index (χ0v) is 15.5. The normalized spacial score (nSPS) is 15.8. The van der Waals surface area contributed by atoms with E-state index in [9.17, 15) is 17.6 Å². The van der Waals surface area contributed by atoms with Crippen LogP contribution in [-0.4, -0.2) is 59.8 Å². The molecule has 1 aliphatic rings. The summed E-state index contributed by atoms with van der Waals surface area (Å²) < 4.78 is 52.0. The number of benzene rings is 1. The Morgan fingerprint density at radius 2 is 1.82 bits per heavy atom. The van der Waals surface area contributed by atoms with E-state index in [1.807, 2.05) is 4.90 Å². The largest absolute Gasteiger partial charge is 0.406 e. The molecule has 0 aliphatic carbocycles. The second-order valence-corrected chi connectivity index (χ2v) is 6.44. The van der Waals surface area contributed by atoms with E-state index < -0.39 is 12.7 Å². The third kappa shape index (κ3) is 5.14. The molecule has 2 heterocycles. The molecular formula is C18H22F4N6. The molecular weight excluding hydrogens is 376 g/mol. The maximum atomic E-state index is 13.1. The summed E-state index contributed by atoms with van der Waals surface area (Å²) in [4.78, 5) is 12.4. The van der Waals surface area contributed by atoms with Crippen molar-refractivity contribution in [2.45, 2.75) is 19.3 Å². The van der Waals surface area contributed by atoms with Crippen LogP contribution in [-0.2, 0) is 13.1 Å². The van der Waals surface area contributed by atoms with Crippen LogP contribution in [0.3, 0.4) is 0 Å². The number of aromatic nitrogens is 2. The number of rotatable bonds is 4. The lowest BCUT2D eigenvalue weighted by Crippen LogP contribution is -2.52. The SMILES string of the molecule is CN=C(NCc1nccn1CC(F)(F)F)N1CCN(c2ccc(F)cc2)CC1. The molecule has 2 aromatic rings. The lowest BCUT2D eigenvalue weighted by Gasteiger charge is -2.37. The second kappa shape index (κ2) is 8.49. The molecule has 0 saturated carbocycles. The van der Waals surface area contributed by atoms with Gasteiger partial charge in [0.25, 0.3) is 0 Å². The lowest BCUT2D eigenvalue weighted by atomic mass is 10.2. The fourth-order valence-electron chi connectivity index (χ4n) is 3.16. The Kier molecular flexibility index (Phi) is 6.05. The quantitative estimate of drug-likeness (QED) is 0.489. The summed E-state index contributed by atoms with van der Waals surface area (Å²) in [6, 6.07) is 6.37. The lowest BCUT2D eigenvalue weighted by molar-refractivity contribution is -0.141. The number of nitrogens with zero attached hydrogens (tertiary/aromatic N) is 5. The van der Waals surface area contributed by atoms with Crippen LogP contribution in [0.15, 0.2) is 41.7 Å². The fourth-order valence-corrected chi connectivity index (χ4v) is 3.16. The van der Waals surface area contributed by atoms with Gasteiger partial charge in [-0.05, 0) is 24.3 Å². The number of guanidine groups is 1. The Bertz CT molecular complexity index is 791. The highest BCUT2D eigenvalue weighted by atomic mass is 19.4. The zero-order valence-electron chi connectivity index (χ0n) is 15.5. The highest BCUT2D eigenvalue weighted by Gasteiger charge is 2.29. The van der Waals surface area contributed by atoms with Crippen LogP contribution in [0, 0.1) is 5.82 Å². The van der Waals surface area contributed by atoms with Crippen LogP contribution < -0.4 is 10.2 Å². The molecule has 3 rings (SSSR count). The van der Waals surface area contributed by atoms with Crippen LogP contribution >= 0.6 is 0 Å². The van der Waals surface area contributed by atoms with Gasteiger partial charge >= 0.3 is 6.18 Å². The van der Waals surface area contributed by atoms with Crippen LogP contribution in [0.5, 0.6) is 0 Å². The molecule has 0 amide bonds. The van der Waals surface area contributed by atoms with E-state index in [-0.39, 0.29) is 12.4 Å². The monoisotopic (exact) mass is 398 g/mol. The van der Waals surface area contributed by atoms with Crippen molar-refractivity contribution in [1.82, 2.24) is 19.8 Å². The second-order valence-electron chi connectivity index (χ2n) is 6.44. The van der Waals surface area contributed by atoms with E-state index in [0.717, 1.165) is 23.3 Å². The molecule has 1 aromatic heterocycles. The van der Waals surface area contributed by atoms with Gasteiger partial charge in [0.1, 0.15) is 18.2 Å². The molecule has 152 valence electrons. The number of hydrogen-bond acceptors (Lipinski definition) is 3. The number of alkyl halides is 3. The van der Waals surface area contributed by atoms with Crippen molar-refractivity contribution < 1.29 is 17.6 Å². The Labute approximate surface area is 160 Å². The number of hydrogen-bond donors (Lipinski definition) is 1. The molecule has 6 nitrogen and oxygen atoms in total. The summed E-state index contributed by atoms with van der Waals surface area (Å²) in [7, 11) is 1.64. The summed E-state index contributed by atoms with van der Waals surface area (Å²) in [5, 5.41) is 3.09. The molecule has 10 heteroatoms. The van der Waals surface area contributed by atoms with E-state index in [0.29, 0.717) is 24.9 Å². The number of halogens is 4. The van der Waals surface area contributed by atoms with E-state index in [4.69, 9.17) is 0 Å². The first-order valence-electron chi connectivity index (χ1n) is 8.88. The minimum Gasteiger partial charge on any atom is -0.368 e. The Morgan fingerprint density at radius 1 is 1.14 bits per heavy atom. The summed E-state index contributed by atoms with van der Waals surface area (Å²) in [5.41, 5.74) is 0.957. The van der Waals surface area contributed by atoms with Gasteiger partial charge in [0.05, 0.1) is 6.54 Å². The summed E-state index contributed by atoms with van der Waals surface area (Å²) in [6.07, 6.45) is -1.63. The van der Waals surface area contributed by atoms with Gasteiger partial charge in [0, 0.05) is 51.3 Å². The van der Waals surface area contributed by atoms with Gasteiger partial charge in [-0.15, -0.1) is 0 Å². The molecule has 0 radical (unpaired) electrons. The topological polar surface area (TPSA) is 48.7 Å². The van der Waals surface area contributed by atoms with Gasteiger partial charge in [-0.2, -0.15) is 13.2 Å². The van der Waals surface area contributed by atoms with Gasteiger partial charge in [0.2, 0.25) is 0 Å². The van der Waals surface area contributed by atoms with Crippen molar-refractivity contribution in [2.24, 2.45) is 4.99 Å². The van der Waals surface area contributed by atoms with Crippen molar-refractivity contribution in [3.05, 3.63) is 48.3 Å². The zero-order chi connectivity index (χ0) is 20.1. The van der Waals surface area contributed by atoms with Gasteiger partial charge < -0.3 is 19.7 Å². The molecule has 1 aromatic carbocycles. The molecule has 0 spiro atoms. The Morgan fingerprint density at radius 3 is 2.43 bits per heavy atom. The molecule has 0 unspecified atom stereocenters. The Balaban J connectivity index is 1.54. The molecule has 1 aliphatic heterocycles. The highest BCUT2D eigenvalue weighted by molar-refractivity contribution is 5.80. The maximum Gasteiger partial charge on any atom is 0.406 e. The minimum absolute atomic E-state index is 0.147. The van der Waals surface area contributed by atoms with Crippen LogP contribution in [0.1, 0.15) is 5.82 Å². The molecule has 1 N–H and O–H groups in total. The summed E-state index contributed by atoms with van der Waals surface area (Å²) in [5.74, 6) is 0.639. The van der Waals surface area contributed by atoms with Crippen LogP contribution in [0.25, 0.3) is 0 Å². The minimum atomic E-state index is -4.30. The summed E-state index contributed by atoms with van der Waals surface area (Å²) in [6.45, 7) is 1.92. The van der Waals surface area contributed by atoms with Crippen molar-refractivity contribution in [2.75, 3.05) is 38.1 Å². The molecule has 1 fully saturated rings. The standard InChI is InChI=1S/C18H22F4N6/c1-23-17(25-12-16-24-6-7-28(16)13-18(20,21)22)27-10-8-26(9-11-27)15-4-2-14(19)3-5-15/h2-7H,8-13H2,1H3,(H,23,25). The average Bonchev–Trinajstić information content (AvgIpc) is 3.08. The van der Waals surface area contributed by atoms with Gasteiger partial charge in [-0.25, -0.2) is 9.37 Å². The first-order chi connectivity index (χ1) is 13.4. The molecule has 1 saturated heterocycles. The first-order valence-corrected chi connectivity index (χ1v) is 8.88. The first kappa shape index (κ1) is 20.0. The molecule has 28 heavy (non-hydrogen) atoms. The Hall–Kier alpha value is -2.78. The number of aliphatic imine (C=N–C) groups is 1. The number of imidazole rings is 1. The predicted octanol–water partition coefficient (Wildman–Crippen LogP) is 2.48. The van der Waals surface area contributed by atoms with E-state index in [1.165, 1.54) is 24.5 Å². The van der Waals surface area contributed by atoms with Crippen molar-refractivity contribution in [3.63, 3.8) is 0 Å². The molecule has 0 atom stereocenters. The van der Waals surface area contributed by atoms with Crippen molar-refractivity contribution in [3.8, 4) is 0 Å². The highest BCUT2D eigenvalue weighted by Crippen LogP contribution is 2.19. The maximum absolute atomic E-state index is 13.1. The number of nitrogens with one attached hydrogen (secondary N) is 1. The van der Waals surface area contributed by atoms with Crippen molar-refractivity contribution in [1.29, 1.82) is 0 Å². The van der Waals surface area contributed by atoms with Gasteiger partial charge in [-0.1, -0.05) is 0 Å². The van der Waals surface area contributed by atoms with E-state index in [1.54, 1.807) is 19.2 Å². The third-order valence-electron chi connectivity index (χ3n) is 4.54. The van der Waals surface area contributed by atoms with Crippen LogP contribution in [0.2, 0.25) is 0 Å². The van der Waals surface area contributed by atoms with Gasteiger partial charge in [-0.3, -0.25) is 4.99 Å².